The van der Waals surface area contributed by atoms with Crippen LogP contribution in [0.3, 0.4) is 0 Å². The van der Waals surface area contributed by atoms with Crippen LogP contribution in [0.25, 0.3) is 0 Å². The van der Waals surface area contributed by atoms with Crippen molar-refractivity contribution in [1.29, 1.82) is 0 Å². The lowest BCUT2D eigenvalue weighted by Crippen LogP contribution is -2.55. The molecule has 0 saturated heterocycles. The maximum Gasteiger partial charge on any atom is 0.326 e. The second kappa shape index (κ2) is 12.6. The van der Waals surface area contributed by atoms with Crippen LogP contribution in [0, 0.1) is 5.92 Å². The van der Waals surface area contributed by atoms with E-state index >= 15 is 0 Å². The Morgan fingerprint density at radius 3 is 2.14 bits per heavy atom. The molecule has 12 heteroatoms. The van der Waals surface area contributed by atoms with Crippen molar-refractivity contribution >= 4 is 29.6 Å². The van der Waals surface area contributed by atoms with Crippen LogP contribution in [0.2, 0.25) is 0 Å². The molecule has 0 aromatic carbocycles. The van der Waals surface area contributed by atoms with Crippen molar-refractivity contribution in [2.75, 3.05) is 13.2 Å². The molecule has 0 aromatic rings. The molecule has 4 atom stereocenters. The van der Waals surface area contributed by atoms with Crippen LogP contribution in [0.15, 0.2) is 0 Å². The Morgan fingerprint density at radius 2 is 1.68 bits per heavy atom. The van der Waals surface area contributed by atoms with Gasteiger partial charge in [0.2, 0.25) is 23.6 Å². The first-order chi connectivity index (χ1) is 13.0. The van der Waals surface area contributed by atoms with Crippen molar-refractivity contribution in [3.05, 3.63) is 0 Å². The van der Waals surface area contributed by atoms with E-state index < -0.39 is 60.9 Å². The van der Waals surface area contributed by atoms with Crippen LogP contribution >= 0.6 is 0 Å². The number of carbonyl (C=O) groups excluding carboxylic acids is 4. The molecule has 0 radical (unpaired) electrons. The molecule has 0 aliphatic heterocycles. The Bertz CT molecular complexity index is 584. The van der Waals surface area contributed by atoms with Gasteiger partial charge in [-0.15, -0.1) is 0 Å². The number of nitrogens with two attached hydrogens (primary N) is 2. The second-order valence-corrected chi connectivity index (χ2v) is 6.34. The fourth-order valence-electron chi connectivity index (χ4n) is 2.10. The lowest BCUT2D eigenvalue weighted by molar-refractivity contribution is -0.143. The summed E-state index contributed by atoms with van der Waals surface area (Å²) in [7, 11) is 0. The second-order valence-electron chi connectivity index (χ2n) is 6.34. The van der Waals surface area contributed by atoms with E-state index in [-0.39, 0.29) is 18.8 Å². The summed E-state index contributed by atoms with van der Waals surface area (Å²) in [4.78, 5) is 57.6. The van der Waals surface area contributed by atoms with Gasteiger partial charge < -0.3 is 37.6 Å². The van der Waals surface area contributed by atoms with E-state index in [1.807, 2.05) is 0 Å². The van der Waals surface area contributed by atoms with Gasteiger partial charge >= 0.3 is 5.97 Å². The lowest BCUT2D eigenvalue weighted by Gasteiger charge is -2.21. The zero-order chi connectivity index (χ0) is 21.9. The highest BCUT2D eigenvalue weighted by Gasteiger charge is 2.27. The van der Waals surface area contributed by atoms with Gasteiger partial charge in [-0.1, -0.05) is 20.3 Å². The van der Waals surface area contributed by atoms with Gasteiger partial charge in [0, 0.05) is 6.42 Å². The average Bonchev–Trinajstić information content (AvgIpc) is 2.65. The molecule has 12 nitrogen and oxygen atoms in total. The number of carbonyl (C=O) groups is 5. The number of aliphatic carboxylic acids is 1. The largest absolute Gasteiger partial charge is 0.480 e. The number of aliphatic hydroxyl groups excluding tert-OH is 1. The van der Waals surface area contributed by atoms with Crippen molar-refractivity contribution in [2.45, 2.75) is 51.2 Å². The molecule has 0 spiro atoms. The van der Waals surface area contributed by atoms with E-state index in [0.717, 1.165) is 0 Å². The van der Waals surface area contributed by atoms with Crippen molar-refractivity contribution in [2.24, 2.45) is 17.4 Å². The van der Waals surface area contributed by atoms with Gasteiger partial charge in [-0.25, -0.2) is 4.79 Å². The number of amides is 4. The normalized spacial score (nSPS) is 14.9. The van der Waals surface area contributed by atoms with Crippen molar-refractivity contribution in [1.82, 2.24) is 16.0 Å². The summed E-state index contributed by atoms with van der Waals surface area (Å²) in [6.07, 6.45) is 0.374. The number of hydrogen-bond donors (Lipinski definition) is 7. The predicted molar refractivity (Wildman–Crippen MR) is 97.5 cm³/mol. The summed E-state index contributed by atoms with van der Waals surface area (Å²) in [5, 5.41) is 25.1. The lowest BCUT2D eigenvalue weighted by atomic mass is 9.99. The quantitative estimate of drug-likeness (QED) is 0.166. The molecule has 4 amide bonds. The molecular weight excluding hydrogens is 374 g/mol. The van der Waals surface area contributed by atoms with Crippen LogP contribution in [0.4, 0.5) is 0 Å². The molecule has 0 aliphatic rings. The number of carboxylic acid groups (broad SMARTS) is 1. The summed E-state index contributed by atoms with van der Waals surface area (Å²) in [6, 6.07) is -3.58. The Labute approximate surface area is 162 Å². The van der Waals surface area contributed by atoms with E-state index in [9.17, 15) is 29.1 Å². The molecule has 160 valence electrons. The number of carboxylic acids is 1. The smallest absolute Gasteiger partial charge is 0.326 e. The Kier molecular flexibility index (Phi) is 11.4. The molecule has 28 heavy (non-hydrogen) atoms. The van der Waals surface area contributed by atoms with E-state index in [1.165, 1.54) is 0 Å². The molecular formula is C16H29N5O7. The SMILES string of the molecule is CCC(C)C(NC(=O)CNC(=O)C(CO)NC(=O)C(N)CCC(N)=O)C(=O)O. The molecule has 0 bridgehead atoms. The molecule has 0 rings (SSSR count). The molecule has 9 N–H and O–H groups in total. The van der Waals surface area contributed by atoms with Crippen LogP contribution in [-0.2, 0) is 24.0 Å². The first-order valence-corrected chi connectivity index (χ1v) is 8.78. The maximum atomic E-state index is 12.0. The molecule has 4 unspecified atom stereocenters. The number of rotatable bonds is 13. The Hall–Kier alpha value is -2.73. The molecule has 0 fully saturated rings. The van der Waals surface area contributed by atoms with Gasteiger partial charge in [-0.2, -0.15) is 0 Å². The minimum Gasteiger partial charge on any atom is -0.480 e. The fraction of sp³-hybridized carbons (Fsp3) is 0.688. The van der Waals surface area contributed by atoms with Gasteiger partial charge in [-0.05, 0) is 12.3 Å². The van der Waals surface area contributed by atoms with Gasteiger partial charge in [0.15, 0.2) is 0 Å². The summed E-state index contributed by atoms with van der Waals surface area (Å²) in [6.45, 7) is 2.14. The highest BCUT2D eigenvalue weighted by molar-refractivity contribution is 5.92. The Balaban J connectivity index is 4.60. The molecule has 0 heterocycles. The third-order valence-electron chi connectivity index (χ3n) is 4.07. The van der Waals surface area contributed by atoms with Gasteiger partial charge in [-0.3, -0.25) is 19.2 Å². The number of aliphatic hydroxyl groups is 1. The standard InChI is InChI=1S/C16H29N5O7/c1-3-8(2)13(16(27)28)21-12(24)6-19-15(26)10(7-22)20-14(25)9(17)4-5-11(18)23/h8-10,13,22H,3-7,17H2,1-2H3,(H2,18,23)(H,19,26)(H,20,25)(H,21,24)(H,27,28). The third-order valence-corrected chi connectivity index (χ3v) is 4.07. The maximum absolute atomic E-state index is 12.0. The van der Waals surface area contributed by atoms with Crippen molar-refractivity contribution in [3.8, 4) is 0 Å². The molecule has 0 aliphatic carbocycles. The van der Waals surface area contributed by atoms with Crippen LogP contribution in [-0.4, -0.2) is 71.1 Å². The van der Waals surface area contributed by atoms with E-state index in [4.69, 9.17) is 16.6 Å². The topological polar surface area (TPSA) is 214 Å². The van der Waals surface area contributed by atoms with Gasteiger partial charge in [0.25, 0.3) is 0 Å². The van der Waals surface area contributed by atoms with E-state index in [0.29, 0.717) is 6.42 Å². The first kappa shape index (κ1) is 25.3. The first-order valence-electron chi connectivity index (χ1n) is 8.78. The van der Waals surface area contributed by atoms with Gasteiger partial charge in [0.1, 0.15) is 12.1 Å². The summed E-state index contributed by atoms with van der Waals surface area (Å²) < 4.78 is 0. The minimum atomic E-state index is -1.37. The van der Waals surface area contributed by atoms with Gasteiger partial charge in [0.05, 0.1) is 19.2 Å². The van der Waals surface area contributed by atoms with E-state index in [2.05, 4.69) is 16.0 Å². The summed E-state index contributed by atoms with van der Waals surface area (Å²) >= 11 is 0. The average molecular weight is 403 g/mol. The monoisotopic (exact) mass is 403 g/mol. The molecule has 0 saturated carbocycles. The third kappa shape index (κ3) is 9.28. The van der Waals surface area contributed by atoms with E-state index in [1.54, 1.807) is 13.8 Å². The highest BCUT2D eigenvalue weighted by Crippen LogP contribution is 2.07. The van der Waals surface area contributed by atoms with Crippen LogP contribution < -0.4 is 27.4 Å². The number of primary amides is 1. The highest BCUT2D eigenvalue weighted by atomic mass is 16.4. The zero-order valence-corrected chi connectivity index (χ0v) is 15.9. The van der Waals surface area contributed by atoms with Crippen LogP contribution in [0.1, 0.15) is 33.1 Å². The summed E-state index contributed by atoms with van der Waals surface area (Å²) in [5.74, 6) is -4.51. The zero-order valence-electron chi connectivity index (χ0n) is 15.9. The van der Waals surface area contributed by atoms with Crippen molar-refractivity contribution < 1.29 is 34.2 Å². The Morgan fingerprint density at radius 1 is 1.07 bits per heavy atom. The van der Waals surface area contributed by atoms with Crippen LogP contribution in [0.5, 0.6) is 0 Å². The van der Waals surface area contributed by atoms with Crippen molar-refractivity contribution in [3.63, 3.8) is 0 Å². The predicted octanol–water partition coefficient (Wildman–Crippen LogP) is -3.21. The fourth-order valence-corrected chi connectivity index (χ4v) is 2.10. The molecule has 0 aromatic heterocycles. The number of hydrogen-bond acceptors (Lipinski definition) is 7. The minimum absolute atomic E-state index is 0.0322. The summed E-state index contributed by atoms with van der Waals surface area (Å²) in [5.41, 5.74) is 10.5. The number of nitrogens with one attached hydrogen (secondary N) is 3.